The summed E-state index contributed by atoms with van der Waals surface area (Å²) in [6, 6.07) is 0.636. The number of nitrogens with zero attached hydrogens (tertiary/aromatic N) is 2. The monoisotopic (exact) mass is 205 g/mol. The van der Waals surface area contributed by atoms with Crippen molar-refractivity contribution in [2.24, 2.45) is 5.73 Å². The molecule has 0 aromatic carbocycles. The first kappa shape index (κ1) is 9.40. The molecule has 3 heteroatoms. The number of rotatable bonds is 2. The first-order valence-corrected chi connectivity index (χ1v) is 6.11. The van der Waals surface area contributed by atoms with Crippen LogP contribution in [0.5, 0.6) is 0 Å². The fourth-order valence-electron chi connectivity index (χ4n) is 2.78. The maximum atomic E-state index is 5.78. The maximum absolute atomic E-state index is 5.78. The second-order valence-corrected chi connectivity index (χ2v) is 4.95. The summed E-state index contributed by atoms with van der Waals surface area (Å²) >= 11 is 0. The fourth-order valence-corrected chi connectivity index (χ4v) is 2.78. The first-order valence-electron chi connectivity index (χ1n) is 6.11. The molecule has 2 heterocycles. The van der Waals surface area contributed by atoms with Gasteiger partial charge in [0.05, 0.1) is 5.69 Å². The van der Waals surface area contributed by atoms with Gasteiger partial charge in [0, 0.05) is 24.2 Å². The van der Waals surface area contributed by atoms with E-state index in [2.05, 4.69) is 11.5 Å². The SMILES string of the molecule is CC1CCCc2c(CN)nc(C3CC3)n21. The van der Waals surface area contributed by atoms with Crippen LogP contribution in [0.25, 0.3) is 0 Å². The van der Waals surface area contributed by atoms with Crippen LogP contribution in [0.3, 0.4) is 0 Å². The minimum absolute atomic E-state index is 0.606. The summed E-state index contributed by atoms with van der Waals surface area (Å²) in [4.78, 5) is 4.76. The lowest BCUT2D eigenvalue weighted by Gasteiger charge is -2.24. The van der Waals surface area contributed by atoms with Crippen molar-refractivity contribution in [1.82, 2.24) is 9.55 Å². The molecular formula is C12H19N3. The number of fused-ring (bicyclic) bond motifs is 1. The third-order valence-corrected chi connectivity index (χ3v) is 3.73. The second kappa shape index (κ2) is 3.34. The van der Waals surface area contributed by atoms with Gasteiger partial charge in [-0.05, 0) is 39.0 Å². The molecule has 1 aromatic rings. The molecule has 1 aliphatic carbocycles. The van der Waals surface area contributed by atoms with Gasteiger partial charge in [-0.25, -0.2) is 4.98 Å². The highest BCUT2D eigenvalue weighted by atomic mass is 15.1. The molecule has 0 bridgehead atoms. The lowest BCUT2D eigenvalue weighted by molar-refractivity contribution is 0.417. The van der Waals surface area contributed by atoms with Gasteiger partial charge in [-0.1, -0.05) is 0 Å². The van der Waals surface area contributed by atoms with E-state index in [4.69, 9.17) is 10.7 Å². The number of hydrogen-bond donors (Lipinski definition) is 1. The van der Waals surface area contributed by atoms with Crippen LogP contribution in [-0.2, 0) is 13.0 Å². The minimum atomic E-state index is 0.606. The van der Waals surface area contributed by atoms with Crippen LogP contribution in [-0.4, -0.2) is 9.55 Å². The maximum Gasteiger partial charge on any atom is 0.112 e. The zero-order valence-electron chi connectivity index (χ0n) is 9.37. The third kappa shape index (κ3) is 1.41. The van der Waals surface area contributed by atoms with Gasteiger partial charge >= 0.3 is 0 Å². The molecule has 1 atom stereocenters. The van der Waals surface area contributed by atoms with Crippen molar-refractivity contribution in [2.75, 3.05) is 0 Å². The van der Waals surface area contributed by atoms with E-state index in [0.29, 0.717) is 12.6 Å². The van der Waals surface area contributed by atoms with E-state index in [1.54, 1.807) is 0 Å². The van der Waals surface area contributed by atoms with Gasteiger partial charge in [0.1, 0.15) is 5.82 Å². The molecule has 1 aromatic heterocycles. The number of aromatic nitrogens is 2. The average molecular weight is 205 g/mol. The highest BCUT2D eigenvalue weighted by Crippen LogP contribution is 2.42. The van der Waals surface area contributed by atoms with Gasteiger partial charge in [0.2, 0.25) is 0 Å². The van der Waals surface area contributed by atoms with Crippen LogP contribution in [0.2, 0.25) is 0 Å². The molecule has 0 amide bonds. The molecule has 0 radical (unpaired) electrons. The summed E-state index contributed by atoms with van der Waals surface area (Å²) in [6.45, 7) is 2.92. The third-order valence-electron chi connectivity index (χ3n) is 3.73. The molecule has 3 rings (SSSR count). The van der Waals surface area contributed by atoms with E-state index in [1.807, 2.05) is 0 Å². The molecule has 1 saturated carbocycles. The van der Waals surface area contributed by atoms with Gasteiger partial charge in [0.15, 0.2) is 0 Å². The topological polar surface area (TPSA) is 43.8 Å². The van der Waals surface area contributed by atoms with Crippen molar-refractivity contribution in [3.63, 3.8) is 0 Å². The van der Waals surface area contributed by atoms with E-state index in [9.17, 15) is 0 Å². The molecule has 2 aliphatic rings. The van der Waals surface area contributed by atoms with E-state index >= 15 is 0 Å². The molecular weight excluding hydrogens is 186 g/mol. The Bertz CT molecular complexity index is 376. The fraction of sp³-hybridized carbons (Fsp3) is 0.750. The van der Waals surface area contributed by atoms with Crippen LogP contribution in [0.15, 0.2) is 0 Å². The molecule has 0 spiro atoms. The quantitative estimate of drug-likeness (QED) is 0.803. The number of imidazole rings is 1. The Morgan fingerprint density at radius 2 is 2.20 bits per heavy atom. The molecule has 0 saturated heterocycles. The van der Waals surface area contributed by atoms with E-state index in [1.165, 1.54) is 43.6 Å². The van der Waals surface area contributed by atoms with Gasteiger partial charge in [0.25, 0.3) is 0 Å². The lowest BCUT2D eigenvalue weighted by Crippen LogP contribution is -2.18. The van der Waals surface area contributed by atoms with Crippen molar-refractivity contribution >= 4 is 0 Å². The zero-order valence-corrected chi connectivity index (χ0v) is 9.37. The van der Waals surface area contributed by atoms with Crippen LogP contribution < -0.4 is 5.73 Å². The van der Waals surface area contributed by atoms with E-state index in [0.717, 1.165) is 11.6 Å². The van der Waals surface area contributed by atoms with Crippen molar-refractivity contribution in [3.05, 3.63) is 17.2 Å². The van der Waals surface area contributed by atoms with Crippen LogP contribution in [0, 0.1) is 0 Å². The highest BCUT2D eigenvalue weighted by Gasteiger charge is 2.33. The minimum Gasteiger partial charge on any atom is -0.329 e. The largest absolute Gasteiger partial charge is 0.329 e. The predicted octanol–water partition coefficient (Wildman–Crippen LogP) is 2.12. The first-order chi connectivity index (χ1) is 7.31. The Labute approximate surface area is 90.7 Å². The summed E-state index contributed by atoms with van der Waals surface area (Å²) in [5.41, 5.74) is 8.36. The molecule has 1 unspecified atom stereocenters. The molecule has 1 aliphatic heterocycles. The zero-order chi connectivity index (χ0) is 10.4. The molecule has 82 valence electrons. The summed E-state index contributed by atoms with van der Waals surface area (Å²) in [7, 11) is 0. The molecule has 1 fully saturated rings. The van der Waals surface area contributed by atoms with Gasteiger partial charge < -0.3 is 10.3 Å². The van der Waals surface area contributed by atoms with Crippen LogP contribution in [0.4, 0.5) is 0 Å². The normalized spacial score (nSPS) is 25.3. The smallest absolute Gasteiger partial charge is 0.112 e. The standard InChI is InChI=1S/C12H19N3/c1-8-3-2-4-11-10(7-13)14-12(15(8)11)9-5-6-9/h8-9H,2-7,13H2,1H3. The Hall–Kier alpha value is -0.830. The van der Waals surface area contributed by atoms with Crippen LogP contribution >= 0.6 is 0 Å². The predicted molar refractivity (Wildman–Crippen MR) is 59.7 cm³/mol. The summed E-state index contributed by atoms with van der Waals surface area (Å²) in [6.07, 6.45) is 6.42. The Balaban J connectivity index is 2.10. The highest BCUT2D eigenvalue weighted by molar-refractivity contribution is 5.24. The van der Waals surface area contributed by atoms with Gasteiger partial charge in [-0.15, -0.1) is 0 Å². The summed E-state index contributed by atoms with van der Waals surface area (Å²) in [5, 5.41) is 0. The number of hydrogen-bond acceptors (Lipinski definition) is 2. The Morgan fingerprint density at radius 3 is 2.87 bits per heavy atom. The van der Waals surface area contributed by atoms with Crippen LogP contribution in [0.1, 0.15) is 61.8 Å². The van der Waals surface area contributed by atoms with E-state index < -0.39 is 0 Å². The Morgan fingerprint density at radius 1 is 1.40 bits per heavy atom. The second-order valence-electron chi connectivity index (χ2n) is 4.95. The summed E-state index contributed by atoms with van der Waals surface area (Å²) < 4.78 is 2.49. The van der Waals surface area contributed by atoms with Gasteiger partial charge in [-0.2, -0.15) is 0 Å². The van der Waals surface area contributed by atoms with Crippen molar-refractivity contribution in [2.45, 2.75) is 57.5 Å². The van der Waals surface area contributed by atoms with Gasteiger partial charge in [-0.3, -0.25) is 0 Å². The van der Waals surface area contributed by atoms with Crippen molar-refractivity contribution < 1.29 is 0 Å². The molecule has 3 nitrogen and oxygen atoms in total. The molecule has 2 N–H and O–H groups in total. The lowest BCUT2D eigenvalue weighted by atomic mass is 10.0. The average Bonchev–Trinajstić information content (AvgIpc) is 3.00. The molecule has 15 heavy (non-hydrogen) atoms. The Kier molecular flexibility index (Phi) is 2.09. The number of nitrogens with two attached hydrogens (primary N) is 1. The van der Waals surface area contributed by atoms with Crippen molar-refractivity contribution in [1.29, 1.82) is 0 Å². The van der Waals surface area contributed by atoms with E-state index in [-0.39, 0.29) is 0 Å². The van der Waals surface area contributed by atoms with Crippen molar-refractivity contribution in [3.8, 4) is 0 Å². The summed E-state index contributed by atoms with van der Waals surface area (Å²) in [5.74, 6) is 2.07.